The molecule has 1 heterocycles. The molecule has 0 saturated heterocycles. The highest BCUT2D eigenvalue weighted by molar-refractivity contribution is 7.99. The number of benzene rings is 1. The number of hydrogen-bond donors (Lipinski definition) is 1. The lowest BCUT2D eigenvalue weighted by Crippen LogP contribution is -2.38. The zero-order chi connectivity index (χ0) is 13.8. The van der Waals surface area contributed by atoms with Gasteiger partial charge >= 0.3 is 0 Å². The van der Waals surface area contributed by atoms with Crippen LogP contribution < -0.4 is 5.32 Å². The van der Waals surface area contributed by atoms with E-state index in [1.54, 1.807) is 18.9 Å². The molecule has 1 aromatic carbocycles. The Bertz CT molecular complexity index is 463. The van der Waals surface area contributed by atoms with Crippen LogP contribution in [0, 0.1) is 0 Å². The third kappa shape index (κ3) is 3.44. The van der Waals surface area contributed by atoms with Crippen molar-refractivity contribution >= 4 is 29.3 Å². The highest BCUT2D eigenvalue weighted by Crippen LogP contribution is 2.37. The molecule has 0 saturated carbocycles. The third-order valence-electron chi connectivity index (χ3n) is 3.28. The maximum Gasteiger partial charge on any atom is 0.249 e. The molecule has 2 atom stereocenters. The van der Waals surface area contributed by atoms with Crippen LogP contribution in [-0.2, 0) is 9.53 Å². The Labute approximate surface area is 123 Å². The van der Waals surface area contributed by atoms with E-state index < -0.39 is 0 Å². The second-order valence-corrected chi connectivity index (χ2v) is 6.09. The van der Waals surface area contributed by atoms with Gasteiger partial charge in [0.1, 0.15) is 6.10 Å². The van der Waals surface area contributed by atoms with E-state index in [2.05, 4.69) is 5.32 Å². The number of ether oxygens (including phenoxy) is 1. The van der Waals surface area contributed by atoms with Crippen molar-refractivity contribution < 1.29 is 9.53 Å². The third-order valence-corrected chi connectivity index (χ3v) is 4.63. The van der Waals surface area contributed by atoms with Gasteiger partial charge in [-0.25, -0.2) is 0 Å². The average molecular weight is 300 g/mol. The Morgan fingerprint density at radius 3 is 3.11 bits per heavy atom. The van der Waals surface area contributed by atoms with Gasteiger partial charge in [-0.05, 0) is 36.6 Å². The summed E-state index contributed by atoms with van der Waals surface area (Å²) in [6.07, 6.45) is 1.22. The first-order valence-electron chi connectivity index (χ1n) is 6.41. The van der Waals surface area contributed by atoms with Crippen molar-refractivity contribution in [3.05, 3.63) is 28.8 Å². The number of methoxy groups -OCH3 is 1. The van der Waals surface area contributed by atoms with Crippen LogP contribution in [0.4, 0.5) is 0 Å². The number of halogens is 1. The molecular weight excluding hydrogens is 282 g/mol. The Morgan fingerprint density at radius 2 is 2.42 bits per heavy atom. The fourth-order valence-electron chi connectivity index (χ4n) is 2.24. The molecule has 0 unspecified atom stereocenters. The predicted molar refractivity (Wildman–Crippen MR) is 78.8 cm³/mol. The fraction of sp³-hybridized carbons (Fsp3) is 0.500. The van der Waals surface area contributed by atoms with E-state index in [-0.39, 0.29) is 18.1 Å². The number of thioether (sulfide) groups is 1. The lowest BCUT2D eigenvalue weighted by molar-refractivity contribution is -0.132. The van der Waals surface area contributed by atoms with E-state index >= 15 is 0 Å². The molecule has 0 aromatic heterocycles. The number of carbonyl (C=O) groups excluding carboxylic acids is 1. The summed E-state index contributed by atoms with van der Waals surface area (Å²) in [6, 6.07) is 5.89. The van der Waals surface area contributed by atoms with Gasteiger partial charge in [0.2, 0.25) is 5.91 Å². The van der Waals surface area contributed by atoms with E-state index in [0.717, 1.165) is 17.7 Å². The molecule has 1 aliphatic heterocycles. The van der Waals surface area contributed by atoms with E-state index in [9.17, 15) is 4.79 Å². The van der Waals surface area contributed by atoms with Crippen LogP contribution >= 0.6 is 23.4 Å². The molecule has 19 heavy (non-hydrogen) atoms. The summed E-state index contributed by atoms with van der Waals surface area (Å²) in [6.45, 7) is 1.94. The van der Waals surface area contributed by atoms with Crippen LogP contribution in [0.5, 0.6) is 0 Å². The molecule has 0 spiro atoms. The number of hydrogen-bond acceptors (Lipinski definition) is 3. The topological polar surface area (TPSA) is 38.3 Å². The zero-order valence-corrected chi connectivity index (χ0v) is 12.7. The van der Waals surface area contributed by atoms with Crippen LogP contribution in [0.3, 0.4) is 0 Å². The van der Waals surface area contributed by atoms with Crippen molar-refractivity contribution in [1.29, 1.82) is 0 Å². The summed E-state index contributed by atoms with van der Waals surface area (Å²) in [5, 5.41) is 3.78. The molecule has 1 amide bonds. The summed E-state index contributed by atoms with van der Waals surface area (Å²) in [7, 11) is 1.56. The maximum absolute atomic E-state index is 12.1. The van der Waals surface area contributed by atoms with Crippen molar-refractivity contribution in [3.8, 4) is 0 Å². The summed E-state index contributed by atoms with van der Waals surface area (Å²) >= 11 is 7.86. The average Bonchev–Trinajstić information content (AvgIpc) is 2.41. The minimum Gasteiger partial charge on any atom is -0.372 e. The molecule has 0 bridgehead atoms. The highest BCUT2D eigenvalue weighted by Gasteiger charge is 2.25. The van der Waals surface area contributed by atoms with Crippen molar-refractivity contribution in [2.24, 2.45) is 0 Å². The monoisotopic (exact) mass is 299 g/mol. The van der Waals surface area contributed by atoms with Gasteiger partial charge in [-0.3, -0.25) is 4.79 Å². The van der Waals surface area contributed by atoms with Crippen LogP contribution in [-0.4, -0.2) is 24.9 Å². The Balaban J connectivity index is 2.15. The Kier molecular flexibility index (Phi) is 5.13. The van der Waals surface area contributed by atoms with E-state index in [1.165, 1.54) is 4.90 Å². The van der Waals surface area contributed by atoms with Crippen molar-refractivity contribution in [1.82, 2.24) is 5.32 Å². The van der Waals surface area contributed by atoms with E-state index in [1.807, 2.05) is 25.1 Å². The second-order valence-electron chi connectivity index (χ2n) is 4.51. The smallest absolute Gasteiger partial charge is 0.249 e. The molecular formula is C14H18ClNO2S. The summed E-state index contributed by atoms with van der Waals surface area (Å²) in [4.78, 5) is 13.3. The molecule has 5 heteroatoms. The van der Waals surface area contributed by atoms with Crippen molar-refractivity contribution in [2.45, 2.75) is 36.8 Å². The zero-order valence-electron chi connectivity index (χ0n) is 11.1. The Hall–Kier alpha value is -0.710. The molecule has 0 aliphatic carbocycles. The first kappa shape index (κ1) is 14.7. The van der Waals surface area contributed by atoms with Gasteiger partial charge in [-0.2, -0.15) is 0 Å². The molecule has 0 radical (unpaired) electrons. The van der Waals surface area contributed by atoms with Gasteiger partial charge in [0.05, 0.1) is 6.04 Å². The van der Waals surface area contributed by atoms with Crippen molar-refractivity contribution in [2.75, 3.05) is 12.9 Å². The number of fused-ring (bicyclic) bond motifs is 1. The minimum atomic E-state index is -0.378. The second kappa shape index (κ2) is 6.64. The summed E-state index contributed by atoms with van der Waals surface area (Å²) < 4.78 is 5.17. The quantitative estimate of drug-likeness (QED) is 0.926. The predicted octanol–water partition coefficient (Wildman–Crippen LogP) is 3.42. The first-order chi connectivity index (χ1) is 9.15. The number of carbonyl (C=O) groups is 1. The molecule has 1 aromatic rings. The number of amides is 1. The largest absolute Gasteiger partial charge is 0.372 e. The molecule has 1 N–H and O–H groups in total. The van der Waals surface area contributed by atoms with Gasteiger partial charge in [0.25, 0.3) is 0 Å². The summed E-state index contributed by atoms with van der Waals surface area (Å²) in [5.41, 5.74) is 1.11. The van der Waals surface area contributed by atoms with Crippen LogP contribution in [0.15, 0.2) is 23.1 Å². The normalized spacial score (nSPS) is 19.6. The summed E-state index contributed by atoms with van der Waals surface area (Å²) in [5.74, 6) is 0.955. The lowest BCUT2D eigenvalue weighted by Gasteiger charge is -2.27. The molecule has 104 valence electrons. The molecule has 1 aliphatic rings. The van der Waals surface area contributed by atoms with Gasteiger partial charge < -0.3 is 10.1 Å². The highest BCUT2D eigenvalue weighted by atomic mass is 35.5. The van der Waals surface area contributed by atoms with Gasteiger partial charge in [0, 0.05) is 22.8 Å². The number of nitrogens with one attached hydrogen (secondary N) is 1. The van der Waals surface area contributed by atoms with Gasteiger partial charge in [0.15, 0.2) is 0 Å². The number of rotatable bonds is 4. The Morgan fingerprint density at radius 1 is 1.63 bits per heavy atom. The van der Waals surface area contributed by atoms with Crippen LogP contribution in [0.2, 0.25) is 5.02 Å². The maximum atomic E-state index is 12.1. The van der Waals surface area contributed by atoms with E-state index in [4.69, 9.17) is 16.3 Å². The molecule has 3 nitrogen and oxygen atoms in total. The van der Waals surface area contributed by atoms with Gasteiger partial charge in [-0.15, -0.1) is 11.8 Å². The first-order valence-corrected chi connectivity index (χ1v) is 7.77. The SMILES string of the molecule is CC[C@H](OC)C(=O)N[C@@H]1CCSc2ccc(Cl)cc21. The fourth-order valence-corrected chi connectivity index (χ4v) is 3.53. The van der Waals surface area contributed by atoms with Crippen molar-refractivity contribution in [3.63, 3.8) is 0 Å². The van der Waals surface area contributed by atoms with E-state index in [0.29, 0.717) is 11.4 Å². The molecule has 0 fully saturated rings. The van der Waals surface area contributed by atoms with Crippen LogP contribution in [0.1, 0.15) is 31.4 Å². The lowest BCUT2D eigenvalue weighted by atomic mass is 10.0. The molecule has 2 rings (SSSR count). The minimum absolute atomic E-state index is 0.0339. The van der Waals surface area contributed by atoms with Gasteiger partial charge in [-0.1, -0.05) is 18.5 Å². The van der Waals surface area contributed by atoms with Crippen LogP contribution in [0.25, 0.3) is 0 Å². The standard InChI is InChI=1S/C14H18ClNO2S/c1-3-12(18-2)14(17)16-11-6-7-19-13-5-4-9(15)8-10(11)13/h4-5,8,11-12H,3,6-7H2,1-2H3,(H,16,17)/t11-,12+/m1/s1.